The third-order valence-corrected chi connectivity index (χ3v) is 3.87. The highest BCUT2D eigenvalue weighted by Crippen LogP contribution is 2.25. The first-order chi connectivity index (χ1) is 8.33. The van der Waals surface area contributed by atoms with E-state index in [4.69, 9.17) is 11.6 Å². The van der Waals surface area contributed by atoms with Crippen molar-refractivity contribution in [3.05, 3.63) is 35.0 Å². The Balaban J connectivity index is 1.84. The number of H-pyrrole nitrogens is 1. The van der Waals surface area contributed by atoms with Crippen molar-refractivity contribution < 1.29 is 0 Å². The lowest BCUT2D eigenvalue weighted by Gasteiger charge is -2.22. The standard InChI is InChI=1S/C14H17ClN2/c15-12-3-4-13-11(9-17-14(13)7-12)6-10-2-1-5-16-8-10/h3-4,7,9-10,16-17H,1-2,5-6,8H2. The fourth-order valence-electron chi connectivity index (χ4n) is 2.74. The highest BCUT2D eigenvalue weighted by Gasteiger charge is 2.15. The van der Waals surface area contributed by atoms with Gasteiger partial charge in [0.15, 0.2) is 0 Å². The summed E-state index contributed by atoms with van der Waals surface area (Å²) in [5.41, 5.74) is 2.57. The molecule has 2 aromatic rings. The number of hydrogen-bond acceptors (Lipinski definition) is 1. The molecular weight excluding hydrogens is 232 g/mol. The van der Waals surface area contributed by atoms with Crippen LogP contribution in [0.5, 0.6) is 0 Å². The average molecular weight is 249 g/mol. The molecule has 1 aromatic heterocycles. The predicted molar refractivity (Wildman–Crippen MR) is 72.6 cm³/mol. The zero-order valence-electron chi connectivity index (χ0n) is 9.80. The van der Waals surface area contributed by atoms with Crippen LogP contribution in [-0.2, 0) is 6.42 Å². The third-order valence-electron chi connectivity index (χ3n) is 3.64. The van der Waals surface area contributed by atoms with Gasteiger partial charge in [0.25, 0.3) is 0 Å². The van der Waals surface area contributed by atoms with Crippen LogP contribution in [0.25, 0.3) is 10.9 Å². The van der Waals surface area contributed by atoms with E-state index in [1.165, 1.54) is 30.3 Å². The maximum absolute atomic E-state index is 5.99. The van der Waals surface area contributed by atoms with Gasteiger partial charge < -0.3 is 10.3 Å². The maximum Gasteiger partial charge on any atom is 0.0471 e. The summed E-state index contributed by atoms with van der Waals surface area (Å²) in [5.74, 6) is 0.776. The molecule has 17 heavy (non-hydrogen) atoms. The Kier molecular flexibility index (Phi) is 3.08. The lowest BCUT2D eigenvalue weighted by molar-refractivity contribution is 0.377. The molecule has 2 N–H and O–H groups in total. The van der Waals surface area contributed by atoms with Crippen LogP contribution < -0.4 is 5.32 Å². The van der Waals surface area contributed by atoms with E-state index in [0.717, 1.165) is 29.4 Å². The number of halogens is 1. The smallest absolute Gasteiger partial charge is 0.0471 e. The number of fused-ring (bicyclic) bond motifs is 1. The van der Waals surface area contributed by atoms with Crippen molar-refractivity contribution in [2.75, 3.05) is 13.1 Å². The summed E-state index contributed by atoms with van der Waals surface area (Å²) in [4.78, 5) is 3.31. The normalized spacial score (nSPS) is 20.9. The second-order valence-electron chi connectivity index (χ2n) is 4.92. The quantitative estimate of drug-likeness (QED) is 0.838. The van der Waals surface area contributed by atoms with Crippen LogP contribution in [0.3, 0.4) is 0 Å². The maximum atomic E-state index is 5.99. The van der Waals surface area contributed by atoms with Gasteiger partial charge in [-0.2, -0.15) is 0 Å². The van der Waals surface area contributed by atoms with Gasteiger partial charge in [0, 0.05) is 22.1 Å². The molecule has 3 heteroatoms. The van der Waals surface area contributed by atoms with Crippen molar-refractivity contribution in [3.63, 3.8) is 0 Å². The Bertz CT molecular complexity index is 512. The Morgan fingerprint density at radius 3 is 3.12 bits per heavy atom. The number of aromatic amines is 1. The number of hydrogen-bond donors (Lipinski definition) is 2. The van der Waals surface area contributed by atoms with Crippen LogP contribution >= 0.6 is 11.6 Å². The molecule has 1 fully saturated rings. The molecule has 2 heterocycles. The monoisotopic (exact) mass is 248 g/mol. The van der Waals surface area contributed by atoms with Gasteiger partial charge in [-0.1, -0.05) is 17.7 Å². The largest absolute Gasteiger partial charge is 0.361 e. The highest BCUT2D eigenvalue weighted by molar-refractivity contribution is 6.31. The molecule has 1 unspecified atom stereocenters. The van der Waals surface area contributed by atoms with E-state index in [0.29, 0.717) is 0 Å². The van der Waals surface area contributed by atoms with Crippen LogP contribution in [0.1, 0.15) is 18.4 Å². The zero-order chi connectivity index (χ0) is 11.7. The van der Waals surface area contributed by atoms with Gasteiger partial charge in [0.1, 0.15) is 0 Å². The van der Waals surface area contributed by atoms with Crippen molar-refractivity contribution >= 4 is 22.5 Å². The zero-order valence-corrected chi connectivity index (χ0v) is 10.6. The summed E-state index contributed by atoms with van der Waals surface area (Å²) in [6, 6.07) is 6.10. The highest BCUT2D eigenvalue weighted by atomic mass is 35.5. The molecule has 90 valence electrons. The third kappa shape index (κ3) is 2.33. The van der Waals surface area contributed by atoms with E-state index in [2.05, 4.69) is 22.6 Å². The van der Waals surface area contributed by atoms with E-state index in [1.54, 1.807) is 0 Å². The molecule has 1 aromatic carbocycles. The second-order valence-corrected chi connectivity index (χ2v) is 5.36. The topological polar surface area (TPSA) is 27.8 Å². The van der Waals surface area contributed by atoms with Gasteiger partial charge in [0.05, 0.1) is 0 Å². The minimum absolute atomic E-state index is 0.776. The number of aromatic nitrogens is 1. The molecule has 0 bridgehead atoms. The fourth-order valence-corrected chi connectivity index (χ4v) is 2.91. The second kappa shape index (κ2) is 4.71. The molecule has 0 aliphatic carbocycles. The van der Waals surface area contributed by atoms with E-state index in [1.807, 2.05) is 12.1 Å². The Hall–Kier alpha value is -0.990. The number of nitrogens with one attached hydrogen (secondary N) is 2. The van der Waals surface area contributed by atoms with Gasteiger partial charge in [-0.25, -0.2) is 0 Å². The van der Waals surface area contributed by atoms with Gasteiger partial charge in [-0.05, 0) is 56.0 Å². The molecule has 1 aliphatic heterocycles. The van der Waals surface area contributed by atoms with Gasteiger partial charge in [0.2, 0.25) is 0 Å². The van der Waals surface area contributed by atoms with Crippen LogP contribution in [0.15, 0.2) is 24.4 Å². The fraction of sp³-hybridized carbons (Fsp3) is 0.429. The van der Waals surface area contributed by atoms with Crippen molar-refractivity contribution in [1.82, 2.24) is 10.3 Å². The molecule has 0 saturated carbocycles. The summed E-state index contributed by atoms with van der Waals surface area (Å²) in [6.07, 6.45) is 5.94. The summed E-state index contributed by atoms with van der Waals surface area (Å²) in [7, 11) is 0. The Morgan fingerprint density at radius 1 is 1.35 bits per heavy atom. The van der Waals surface area contributed by atoms with Crippen molar-refractivity contribution in [1.29, 1.82) is 0 Å². The van der Waals surface area contributed by atoms with Gasteiger partial charge in [-0.15, -0.1) is 0 Å². The van der Waals surface area contributed by atoms with Crippen LogP contribution in [-0.4, -0.2) is 18.1 Å². The first-order valence-electron chi connectivity index (χ1n) is 6.29. The Labute approximate surface area is 106 Å². The Morgan fingerprint density at radius 2 is 2.29 bits per heavy atom. The molecule has 1 atom stereocenters. The molecule has 0 radical (unpaired) electrons. The van der Waals surface area contributed by atoms with Gasteiger partial charge in [-0.3, -0.25) is 0 Å². The van der Waals surface area contributed by atoms with Crippen LogP contribution in [0, 0.1) is 5.92 Å². The minimum Gasteiger partial charge on any atom is -0.361 e. The van der Waals surface area contributed by atoms with Crippen molar-refractivity contribution in [2.45, 2.75) is 19.3 Å². The summed E-state index contributed by atoms with van der Waals surface area (Å²) in [5, 5.41) is 5.59. The average Bonchev–Trinajstić information content (AvgIpc) is 2.73. The molecule has 2 nitrogen and oxygen atoms in total. The molecule has 1 aliphatic rings. The molecule has 1 saturated heterocycles. The molecule has 3 rings (SSSR count). The first-order valence-corrected chi connectivity index (χ1v) is 6.67. The van der Waals surface area contributed by atoms with Crippen molar-refractivity contribution in [2.24, 2.45) is 5.92 Å². The summed E-state index contributed by atoms with van der Waals surface area (Å²) < 4.78 is 0. The number of benzene rings is 1. The number of rotatable bonds is 2. The summed E-state index contributed by atoms with van der Waals surface area (Å²) >= 11 is 5.99. The molecule has 0 spiro atoms. The van der Waals surface area contributed by atoms with E-state index in [-0.39, 0.29) is 0 Å². The van der Waals surface area contributed by atoms with Gasteiger partial charge >= 0.3 is 0 Å². The lowest BCUT2D eigenvalue weighted by atomic mass is 9.92. The van der Waals surface area contributed by atoms with Crippen LogP contribution in [0.2, 0.25) is 5.02 Å². The van der Waals surface area contributed by atoms with E-state index >= 15 is 0 Å². The van der Waals surface area contributed by atoms with E-state index in [9.17, 15) is 0 Å². The van der Waals surface area contributed by atoms with Crippen LogP contribution in [0.4, 0.5) is 0 Å². The SMILES string of the molecule is Clc1ccc2c(CC3CCCNC3)c[nH]c2c1. The minimum atomic E-state index is 0.776. The van der Waals surface area contributed by atoms with E-state index < -0.39 is 0 Å². The molecular formula is C14H17ClN2. The molecule has 0 amide bonds. The van der Waals surface area contributed by atoms with Crippen molar-refractivity contribution in [3.8, 4) is 0 Å². The number of piperidine rings is 1. The summed E-state index contributed by atoms with van der Waals surface area (Å²) in [6.45, 7) is 2.33. The first kappa shape index (κ1) is 11.1. The predicted octanol–water partition coefficient (Wildman–Crippen LogP) is 3.36. The lowest BCUT2D eigenvalue weighted by Crippen LogP contribution is -2.30.